The molecule has 25 heavy (non-hydrogen) atoms. The van der Waals surface area contributed by atoms with Gasteiger partial charge in [-0.25, -0.2) is 0 Å². The summed E-state index contributed by atoms with van der Waals surface area (Å²) in [7, 11) is 0. The van der Waals surface area contributed by atoms with Crippen molar-refractivity contribution in [3.63, 3.8) is 0 Å². The zero-order valence-electron chi connectivity index (χ0n) is 18.4. The van der Waals surface area contributed by atoms with Gasteiger partial charge >= 0.3 is 0 Å². The third-order valence-corrected chi connectivity index (χ3v) is 3.34. The van der Waals surface area contributed by atoms with E-state index in [2.05, 4.69) is 70.3 Å². The molecule has 0 amide bonds. The van der Waals surface area contributed by atoms with Gasteiger partial charge in [0.05, 0.1) is 0 Å². The third-order valence-electron chi connectivity index (χ3n) is 3.34. The molecule has 150 valence electrons. The summed E-state index contributed by atoms with van der Waals surface area (Å²) in [6.07, 6.45) is 7.72. The monoisotopic (exact) mass is 352 g/mol. The van der Waals surface area contributed by atoms with E-state index in [1.54, 1.807) is 0 Å². The fourth-order valence-corrected chi connectivity index (χ4v) is 1.78. The maximum absolute atomic E-state index is 5.14. The van der Waals surface area contributed by atoms with Gasteiger partial charge in [0.2, 0.25) is 0 Å². The summed E-state index contributed by atoms with van der Waals surface area (Å²) < 4.78 is 0. The van der Waals surface area contributed by atoms with E-state index in [0.717, 1.165) is 25.6 Å². The van der Waals surface area contributed by atoms with Crippen LogP contribution >= 0.6 is 0 Å². The Morgan fingerprint density at radius 2 is 1.40 bits per heavy atom. The summed E-state index contributed by atoms with van der Waals surface area (Å²) >= 11 is 0. The van der Waals surface area contributed by atoms with E-state index in [4.69, 9.17) is 5.73 Å². The van der Waals surface area contributed by atoms with Crippen molar-refractivity contribution < 1.29 is 0 Å². The van der Waals surface area contributed by atoms with Gasteiger partial charge in [0.15, 0.2) is 0 Å². The van der Waals surface area contributed by atoms with Crippen molar-refractivity contribution in [3.05, 3.63) is 35.9 Å². The van der Waals surface area contributed by atoms with Gasteiger partial charge < -0.3 is 11.1 Å². The zero-order chi connectivity index (χ0) is 19.8. The fraction of sp³-hybridized carbons (Fsp3) is 0.739. The Balaban J connectivity index is -0.000000336. The lowest BCUT2D eigenvalue weighted by atomic mass is 10.1. The highest BCUT2D eigenvalue weighted by molar-refractivity contribution is 5.14. The molecule has 0 aliphatic carbocycles. The largest absolute Gasteiger partial charge is 0.330 e. The number of rotatable bonds is 9. The Morgan fingerprint density at radius 3 is 1.72 bits per heavy atom. The van der Waals surface area contributed by atoms with Crippen LogP contribution in [-0.2, 0) is 6.54 Å². The van der Waals surface area contributed by atoms with E-state index in [1.807, 2.05) is 13.8 Å². The molecular formula is C23H48N2. The zero-order valence-corrected chi connectivity index (χ0v) is 18.4. The van der Waals surface area contributed by atoms with Crippen molar-refractivity contribution in [2.75, 3.05) is 13.1 Å². The number of hydrogen-bond acceptors (Lipinski definition) is 2. The predicted molar refractivity (Wildman–Crippen MR) is 118 cm³/mol. The molecule has 0 aliphatic heterocycles. The smallest absolute Gasteiger partial charge is 0.0205 e. The third kappa shape index (κ3) is 31.4. The van der Waals surface area contributed by atoms with Crippen LogP contribution in [0, 0.1) is 5.92 Å². The molecule has 0 heterocycles. The second-order valence-electron chi connectivity index (χ2n) is 6.34. The molecule has 0 radical (unpaired) electrons. The summed E-state index contributed by atoms with van der Waals surface area (Å²) in [5, 5.41) is 3.43. The first-order chi connectivity index (χ1) is 12.1. The second-order valence-corrected chi connectivity index (χ2v) is 6.34. The van der Waals surface area contributed by atoms with Crippen LogP contribution in [0.5, 0.6) is 0 Å². The van der Waals surface area contributed by atoms with E-state index in [1.165, 1.54) is 44.1 Å². The Labute approximate surface area is 160 Å². The molecule has 0 spiro atoms. The SMILES string of the molecule is CC.CC(C)CCNCc1ccccc1.CCCCC.CCCCN. The standard InChI is InChI=1S/C12H19N.C5H12.C4H11N.C2H6/c1-11(2)8-9-13-10-12-6-4-3-5-7-12;1-3-5-4-2;1-2-3-4-5;1-2/h3-7,11,13H,8-10H2,1-2H3;3-5H2,1-2H3;2-5H2,1H3;1-2H3. The molecular weight excluding hydrogens is 304 g/mol. The van der Waals surface area contributed by atoms with E-state index in [0.29, 0.717) is 0 Å². The first kappa shape index (κ1) is 28.9. The van der Waals surface area contributed by atoms with Crippen molar-refractivity contribution in [1.29, 1.82) is 0 Å². The molecule has 1 aromatic rings. The van der Waals surface area contributed by atoms with E-state index in [-0.39, 0.29) is 0 Å². The van der Waals surface area contributed by atoms with Gasteiger partial charge in [-0.05, 0) is 37.4 Å². The van der Waals surface area contributed by atoms with Gasteiger partial charge in [0.25, 0.3) is 0 Å². The number of benzene rings is 1. The van der Waals surface area contributed by atoms with E-state index in [9.17, 15) is 0 Å². The van der Waals surface area contributed by atoms with Crippen molar-refractivity contribution >= 4 is 0 Å². The Morgan fingerprint density at radius 1 is 0.880 bits per heavy atom. The second kappa shape index (κ2) is 28.0. The molecule has 0 bridgehead atoms. The van der Waals surface area contributed by atoms with Crippen LogP contribution in [0.4, 0.5) is 0 Å². The number of unbranched alkanes of at least 4 members (excludes halogenated alkanes) is 3. The summed E-state index contributed by atoms with van der Waals surface area (Å²) in [6, 6.07) is 10.5. The summed E-state index contributed by atoms with van der Waals surface area (Å²) in [6.45, 7) is 18.0. The maximum Gasteiger partial charge on any atom is 0.0205 e. The van der Waals surface area contributed by atoms with Crippen molar-refractivity contribution in [2.45, 2.75) is 93.5 Å². The lowest BCUT2D eigenvalue weighted by Crippen LogP contribution is -2.16. The normalized spacial score (nSPS) is 9.16. The van der Waals surface area contributed by atoms with Gasteiger partial charge in [0.1, 0.15) is 0 Å². The van der Waals surface area contributed by atoms with Crippen LogP contribution in [0.1, 0.15) is 92.6 Å². The molecule has 0 aliphatic rings. The van der Waals surface area contributed by atoms with Crippen LogP contribution < -0.4 is 11.1 Å². The molecule has 0 unspecified atom stereocenters. The highest BCUT2D eigenvalue weighted by Gasteiger charge is 1.93. The van der Waals surface area contributed by atoms with E-state index < -0.39 is 0 Å². The maximum atomic E-state index is 5.14. The summed E-state index contributed by atoms with van der Waals surface area (Å²) in [5.74, 6) is 0.795. The first-order valence-corrected chi connectivity index (χ1v) is 10.6. The molecule has 0 atom stereocenters. The highest BCUT2D eigenvalue weighted by atomic mass is 14.8. The minimum Gasteiger partial charge on any atom is -0.330 e. The minimum atomic E-state index is 0.795. The van der Waals surface area contributed by atoms with Crippen LogP contribution in [0.15, 0.2) is 30.3 Å². The number of nitrogens with two attached hydrogens (primary N) is 1. The van der Waals surface area contributed by atoms with Crippen LogP contribution in [0.3, 0.4) is 0 Å². The van der Waals surface area contributed by atoms with Crippen molar-refractivity contribution in [2.24, 2.45) is 11.7 Å². The lowest BCUT2D eigenvalue weighted by molar-refractivity contribution is 0.537. The summed E-state index contributed by atoms with van der Waals surface area (Å²) in [5.41, 5.74) is 6.51. The average molecular weight is 353 g/mol. The molecule has 1 rings (SSSR count). The van der Waals surface area contributed by atoms with Crippen LogP contribution in [0.2, 0.25) is 0 Å². The number of nitrogens with one attached hydrogen (secondary N) is 1. The van der Waals surface area contributed by atoms with Gasteiger partial charge in [-0.3, -0.25) is 0 Å². The molecule has 0 aromatic heterocycles. The predicted octanol–water partition coefficient (Wildman–Crippen LogP) is 6.79. The van der Waals surface area contributed by atoms with Crippen molar-refractivity contribution in [3.8, 4) is 0 Å². The Hall–Kier alpha value is -0.860. The Bertz CT molecular complexity index is 286. The topological polar surface area (TPSA) is 38.0 Å². The average Bonchev–Trinajstić information content (AvgIpc) is 2.64. The minimum absolute atomic E-state index is 0.795. The first-order valence-electron chi connectivity index (χ1n) is 10.6. The van der Waals surface area contributed by atoms with Gasteiger partial charge in [-0.1, -0.05) is 104 Å². The van der Waals surface area contributed by atoms with E-state index >= 15 is 0 Å². The van der Waals surface area contributed by atoms with Gasteiger partial charge in [-0.2, -0.15) is 0 Å². The molecule has 0 saturated heterocycles. The fourth-order valence-electron chi connectivity index (χ4n) is 1.78. The molecule has 1 aromatic carbocycles. The highest BCUT2D eigenvalue weighted by Crippen LogP contribution is 1.99. The number of hydrogen-bond donors (Lipinski definition) is 2. The molecule has 3 N–H and O–H groups in total. The van der Waals surface area contributed by atoms with Crippen LogP contribution in [0.25, 0.3) is 0 Å². The van der Waals surface area contributed by atoms with Gasteiger partial charge in [-0.15, -0.1) is 0 Å². The molecule has 2 heteroatoms. The summed E-state index contributed by atoms with van der Waals surface area (Å²) in [4.78, 5) is 0. The molecule has 0 fully saturated rings. The quantitative estimate of drug-likeness (QED) is 0.480. The van der Waals surface area contributed by atoms with Crippen LogP contribution in [-0.4, -0.2) is 13.1 Å². The lowest BCUT2D eigenvalue weighted by Gasteiger charge is -2.06. The van der Waals surface area contributed by atoms with Gasteiger partial charge in [0, 0.05) is 6.54 Å². The molecule has 2 nitrogen and oxygen atoms in total. The van der Waals surface area contributed by atoms with Crippen molar-refractivity contribution in [1.82, 2.24) is 5.32 Å². The molecule has 0 saturated carbocycles. The Kier molecular flexibility index (Phi) is 32.4.